The zero-order valence-corrected chi connectivity index (χ0v) is 15.2. The first-order valence-corrected chi connectivity index (χ1v) is 9.92. The second-order valence-corrected chi connectivity index (χ2v) is 7.86. The van der Waals surface area contributed by atoms with E-state index in [1.807, 2.05) is 0 Å². The molecule has 132 valence electrons. The molecule has 2 aromatic rings. The largest absolute Gasteiger partial charge is 0.337 e. The van der Waals surface area contributed by atoms with E-state index in [1.54, 1.807) is 11.3 Å². The number of hydrogen-bond donors (Lipinski definition) is 2. The lowest BCUT2D eigenvalue weighted by molar-refractivity contribution is 0.239. The average molecular weight is 356 g/mol. The smallest absolute Gasteiger partial charge is 0.321 e. The molecule has 0 saturated heterocycles. The van der Waals surface area contributed by atoms with Gasteiger partial charge in [0, 0.05) is 31.1 Å². The van der Waals surface area contributed by atoms with Gasteiger partial charge < -0.3 is 5.32 Å². The maximum absolute atomic E-state index is 12.1. The summed E-state index contributed by atoms with van der Waals surface area (Å²) in [5.74, 6) is 0. The Labute approximate surface area is 152 Å². The Kier molecular flexibility index (Phi) is 4.99. The number of urea groups is 1. The number of aromatic nitrogens is 1. The van der Waals surface area contributed by atoms with E-state index in [-0.39, 0.29) is 6.03 Å². The van der Waals surface area contributed by atoms with Crippen LogP contribution >= 0.6 is 11.3 Å². The summed E-state index contributed by atoms with van der Waals surface area (Å²) in [6, 6.07) is 8.47. The molecular weight excluding hydrogens is 332 g/mol. The molecule has 2 amide bonds. The number of thiazole rings is 1. The third kappa shape index (κ3) is 4.02. The minimum atomic E-state index is -0.150. The molecule has 0 fully saturated rings. The van der Waals surface area contributed by atoms with Crippen molar-refractivity contribution in [3.05, 3.63) is 46.0 Å². The number of rotatable bonds is 4. The highest BCUT2D eigenvalue weighted by molar-refractivity contribution is 7.15. The predicted octanol–water partition coefficient (Wildman–Crippen LogP) is 3.20. The molecule has 2 N–H and O–H groups in total. The Balaban J connectivity index is 1.22. The molecule has 1 aromatic carbocycles. The van der Waals surface area contributed by atoms with Crippen LogP contribution in [0.3, 0.4) is 0 Å². The average Bonchev–Trinajstić information content (AvgIpc) is 3.03. The summed E-state index contributed by atoms with van der Waals surface area (Å²) in [5, 5.41) is 6.58. The standard InChI is InChI=1S/C19H24N4OS/c24-18(22-19-21-16-7-3-4-8-17(16)25-19)20-10-12-23-11-9-14-5-1-2-6-15(14)13-23/h1-2,5-6H,3-4,7-13H2,(H2,20,21,22,24). The zero-order chi connectivity index (χ0) is 17.1. The van der Waals surface area contributed by atoms with E-state index in [0.29, 0.717) is 6.54 Å². The molecule has 0 bridgehead atoms. The van der Waals surface area contributed by atoms with Crippen molar-refractivity contribution >= 4 is 22.5 Å². The summed E-state index contributed by atoms with van der Waals surface area (Å²) < 4.78 is 0. The van der Waals surface area contributed by atoms with E-state index in [9.17, 15) is 4.79 Å². The van der Waals surface area contributed by atoms with Crippen LogP contribution in [0.15, 0.2) is 24.3 Å². The van der Waals surface area contributed by atoms with Crippen LogP contribution in [0.2, 0.25) is 0 Å². The molecule has 0 atom stereocenters. The van der Waals surface area contributed by atoms with Gasteiger partial charge in [-0.3, -0.25) is 10.2 Å². The van der Waals surface area contributed by atoms with Crippen molar-refractivity contribution in [1.29, 1.82) is 0 Å². The van der Waals surface area contributed by atoms with Crippen LogP contribution in [-0.4, -0.2) is 35.5 Å². The lowest BCUT2D eigenvalue weighted by Crippen LogP contribution is -2.39. The van der Waals surface area contributed by atoms with E-state index >= 15 is 0 Å². The maximum atomic E-state index is 12.1. The van der Waals surface area contributed by atoms with Crippen LogP contribution in [0.4, 0.5) is 9.93 Å². The van der Waals surface area contributed by atoms with Gasteiger partial charge in [-0.25, -0.2) is 9.78 Å². The normalized spacial score (nSPS) is 16.8. The molecule has 1 aliphatic heterocycles. The molecule has 2 heterocycles. The fourth-order valence-electron chi connectivity index (χ4n) is 3.62. The van der Waals surface area contributed by atoms with Crippen LogP contribution in [0.1, 0.15) is 34.5 Å². The van der Waals surface area contributed by atoms with Crippen LogP contribution < -0.4 is 10.6 Å². The first kappa shape index (κ1) is 16.5. The second kappa shape index (κ2) is 7.54. The Morgan fingerprint density at radius 3 is 2.88 bits per heavy atom. The van der Waals surface area contributed by atoms with Crippen molar-refractivity contribution < 1.29 is 4.79 Å². The van der Waals surface area contributed by atoms with E-state index < -0.39 is 0 Å². The lowest BCUT2D eigenvalue weighted by atomic mass is 10.00. The van der Waals surface area contributed by atoms with E-state index in [1.165, 1.54) is 34.5 Å². The highest BCUT2D eigenvalue weighted by Gasteiger charge is 2.17. The number of carbonyl (C=O) groups is 1. The molecule has 2 aliphatic rings. The quantitative estimate of drug-likeness (QED) is 0.884. The topological polar surface area (TPSA) is 57.3 Å². The summed E-state index contributed by atoms with van der Waals surface area (Å²) in [6.45, 7) is 3.55. The van der Waals surface area contributed by atoms with E-state index in [0.717, 1.165) is 44.0 Å². The molecule has 0 saturated carbocycles. The monoisotopic (exact) mass is 356 g/mol. The lowest BCUT2D eigenvalue weighted by Gasteiger charge is -2.28. The summed E-state index contributed by atoms with van der Waals surface area (Å²) in [7, 11) is 0. The molecule has 1 aliphatic carbocycles. The molecule has 0 unspecified atom stereocenters. The van der Waals surface area contributed by atoms with Gasteiger partial charge in [-0.05, 0) is 43.2 Å². The number of nitrogens with zero attached hydrogens (tertiary/aromatic N) is 2. The van der Waals surface area contributed by atoms with Gasteiger partial charge in [-0.1, -0.05) is 24.3 Å². The van der Waals surface area contributed by atoms with Gasteiger partial charge in [0.25, 0.3) is 0 Å². The molecule has 0 spiro atoms. The van der Waals surface area contributed by atoms with Crippen LogP contribution in [0, 0.1) is 0 Å². The van der Waals surface area contributed by atoms with Crippen molar-refractivity contribution in [3.8, 4) is 0 Å². The molecule has 0 radical (unpaired) electrons. The number of amides is 2. The van der Waals surface area contributed by atoms with Gasteiger partial charge in [-0.15, -0.1) is 11.3 Å². The van der Waals surface area contributed by atoms with E-state index in [2.05, 4.69) is 44.8 Å². The SMILES string of the molecule is O=C(NCCN1CCc2ccccc2C1)Nc1nc2c(s1)CCCC2. The van der Waals surface area contributed by atoms with Crippen LogP contribution in [-0.2, 0) is 25.8 Å². The highest BCUT2D eigenvalue weighted by Crippen LogP contribution is 2.29. The number of aryl methyl sites for hydroxylation is 2. The summed E-state index contributed by atoms with van der Waals surface area (Å²) >= 11 is 1.62. The fraction of sp³-hybridized carbons (Fsp3) is 0.474. The van der Waals surface area contributed by atoms with Crippen LogP contribution in [0.5, 0.6) is 0 Å². The van der Waals surface area contributed by atoms with Gasteiger partial charge in [-0.2, -0.15) is 0 Å². The first-order chi connectivity index (χ1) is 12.3. The Hall–Kier alpha value is -1.92. The van der Waals surface area contributed by atoms with Crippen molar-refractivity contribution in [1.82, 2.24) is 15.2 Å². The van der Waals surface area contributed by atoms with Gasteiger partial charge >= 0.3 is 6.03 Å². The Bertz CT molecular complexity index is 734. The van der Waals surface area contributed by atoms with Crippen molar-refractivity contribution in [2.24, 2.45) is 0 Å². The molecule has 5 nitrogen and oxygen atoms in total. The van der Waals surface area contributed by atoms with Crippen molar-refractivity contribution in [2.45, 2.75) is 38.6 Å². The van der Waals surface area contributed by atoms with Crippen LogP contribution in [0.25, 0.3) is 0 Å². The molecule has 4 rings (SSSR count). The Morgan fingerprint density at radius 2 is 2.00 bits per heavy atom. The minimum absolute atomic E-state index is 0.150. The Morgan fingerprint density at radius 1 is 1.16 bits per heavy atom. The summed E-state index contributed by atoms with van der Waals surface area (Å²) in [6.07, 6.45) is 5.69. The predicted molar refractivity (Wildman–Crippen MR) is 101 cm³/mol. The van der Waals surface area contributed by atoms with Crippen molar-refractivity contribution in [2.75, 3.05) is 25.0 Å². The van der Waals surface area contributed by atoms with Gasteiger partial charge in [0.15, 0.2) is 5.13 Å². The third-order valence-corrected chi connectivity index (χ3v) is 6.06. The van der Waals surface area contributed by atoms with Gasteiger partial charge in [0.1, 0.15) is 0 Å². The fourth-order valence-corrected chi connectivity index (χ4v) is 4.66. The highest BCUT2D eigenvalue weighted by atomic mass is 32.1. The van der Waals surface area contributed by atoms with Crippen molar-refractivity contribution in [3.63, 3.8) is 0 Å². The maximum Gasteiger partial charge on any atom is 0.321 e. The number of hydrogen-bond acceptors (Lipinski definition) is 4. The third-order valence-electron chi connectivity index (χ3n) is 4.99. The number of fused-ring (bicyclic) bond motifs is 2. The van der Waals surface area contributed by atoms with Gasteiger partial charge in [0.2, 0.25) is 0 Å². The van der Waals surface area contributed by atoms with E-state index in [4.69, 9.17) is 0 Å². The number of benzene rings is 1. The second-order valence-electron chi connectivity index (χ2n) is 6.77. The minimum Gasteiger partial charge on any atom is -0.337 e. The molecule has 1 aromatic heterocycles. The number of nitrogens with one attached hydrogen (secondary N) is 2. The molecule has 25 heavy (non-hydrogen) atoms. The summed E-state index contributed by atoms with van der Waals surface area (Å²) in [4.78, 5) is 20.4. The molecular formula is C19H24N4OS. The number of anilines is 1. The zero-order valence-electron chi connectivity index (χ0n) is 14.4. The number of carbonyl (C=O) groups excluding carboxylic acids is 1. The summed E-state index contributed by atoms with van der Waals surface area (Å²) in [5.41, 5.74) is 4.04. The molecule has 6 heteroatoms. The van der Waals surface area contributed by atoms with Gasteiger partial charge in [0.05, 0.1) is 5.69 Å². The first-order valence-electron chi connectivity index (χ1n) is 9.10.